The molecule has 0 heterocycles. The lowest BCUT2D eigenvalue weighted by Gasteiger charge is -2.05. The molecule has 0 aliphatic heterocycles. The topological polar surface area (TPSA) is 55.4 Å². The molecule has 1 N–H and O–H groups in total. The molecule has 4 nitrogen and oxygen atoms in total. The fourth-order valence-corrected chi connectivity index (χ4v) is 2.31. The number of allylic oxidation sites excluding steroid dienone is 1. The molecule has 2 rings (SSSR count). The minimum Gasteiger partial charge on any atom is -0.341 e. The fourth-order valence-electron chi connectivity index (χ4n) is 2.31. The second kappa shape index (κ2) is 9.46. The van der Waals surface area contributed by atoms with Crippen LogP contribution in [0.1, 0.15) is 31.7 Å². The Kier molecular flexibility index (Phi) is 7.02. The zero-order chi connectivity index (χ0) is 18.9. The van der Waals surface area contributed by atoms with Gasteiger partial charge in [0.05, 0.1) is 0 Å². The van der Waals surface area contributed by atoms with Crippen molar-refractivity contribution >= 4 is 18.0 Å². The summed E-state index contributed by atoms with van der Waals surface area (Å²) in [5, 5.41) is 0. The van der Waals surface area contributed by atoms with E-state index in [1.807, 2.05) is 18.2 Å². The van der Waals surface area contributed by atoms with Gasteiger partial charge in [-0.25, -0.2) is 8.78 Å². The van der Waals surface area contributed by atoms with E-state index >= 15 is 0 Å². The monoisotopic (exact) mass is 359 g/mol. The lowest BCUT2D eigenvalue weighted by Crippen LogP contribution is -2.25. The first kappa shape index (κ1) is 19.3. The van der Waals surface area contributed by atoms with Gasteiger partial charge in [-0.15, -0.1) is 0 Å². The average Bonchev–Trinajstić information content (AvgIpc) is 2.60. The van der Waals surface area contributed by atoms with Gasteiger partial charge in [-0.2, -0.15) is 5.48 Å². The predicted molar refractivity (Wildman–Crippen MR) is 94.6 cm³/mol. The smallest absolute Gasteiger partial charge is 0.329 e. The molecule has 0 aromatic heterocycles. The van der Waals surface area contributed by atoms with Gasteiger partial charge in [0.15, 0.2) is 0 Å². The Morgan fingerprint density at radius 2 is 1.96 bits per heavy atom. The van der Waals surface area contributed by atoms with E-state index in [1.54, 1.807) is 18.2 Å². The van der Waals surface area contributed by atoms with Crippen LogP contribution in [0.2, 0.25) is 0 Å². The Labute approximate surface area is 150 Å². The third kappa shape index (κ3) is 6.12. The van der Waals surface area contributed by atoms with Crippen LogP contribution in [0.25, 0.3) is 17.2 Å². The standard InChI is InChI=1S/C20H19F2NO3/c1-14(24)26-23-20(25)9-4-2-3-6-15-7-5-8-16(12-15)18-11-10-17(21)13-19(18)22/h3,5-8,10-13H,2,4,9H2,1H3,(H,23,25). The lowest BCUT2D eigenvalue weighted by atomic mass is 10.0. The van der Waals surface area contributed by atoms with Gasteiger partial charge in [0.25, 0.3) is 5.91 Å². The van der Waals surface area contributed by atoms with Crippen LogP contribution in [0.5, 0.6) is 0 Å². The lowest BCUT2D eigenvalue weighted by molar-refractivity contribution is -0.156. The Bertz CT molecular complexity index is 818. The number of amides is 1. The Morgan fingerprint density at radius 1 is 1.15 bits per heavy atom. The van der Waals surface area contributed by atoms with E-state index in [0.29, 0.717) is 24.0 Å². The highest BCUT2D eigenvalue weighted by molar-refractivity contribution is 5.77. The summed E-state index contributed by atoms with van der Waals surface area (Å²) in [4.78, 5) is 26.3. The van der Waals surface area contributed by atoms with Crippen molar-refractivity contribution in [3.05, 3.63) is 65.7 Å². The molecule has 0 aliphatic rings. The normalized spacial score (nSPS) is 10.7. The van der Waals surface area contributed by atoms with Crippen LogP contribution in [0.4, 0.5) is 8.78 Å². The summed E-state index contributed by atoms with van der Waals surface area (Å²) in [7, 11) is 0. The number of rotatable bonds is 6. The van der Waals surface area contributed by atoms with Gasteiger partial charge >= 0.3 is 5.97 Å². The number of benzene rings is 2. The first-order valence-electron chi connectivity index (χ1n) is 8.14. The number of hydrogen-bond donors (Lipinski definition) is 1. The van der Waals surface area contributed by atoms with E-state index in [2.05, 4.69) is 10.3 Å². The molecule has 0 unspecified atom stereocenters. The second-order valence-corrected chi connectivity index (χ2v) is 5.66. The van der Waals surface area contributed by atoms with Gasteiger partial charge < -0.3 is 4.84 Å². The first-order chi connectivity index (χ1) is 12.5. The largest absolute Gasteiger partial charge is 0.341 e. The maximum absolute atomic E-state index is 13.9. The quantitative estimate of drug-likeness (QED) is 0.614. The summed E-state index contributed by atoms with van der Waals surface area (Å²) < 4.78 is 26.9. The summed E-state index contributed by atoms with van der Waals surface area (Å²) in [6.45, 7) is 1.20. The average molecular weight is 359 g/mol. The summed E-state index contributed by atoms with van der Waals surface area (Å²) in [5.41, 5.74) is 3.92. The zero-order valence-electron chi connectivity index (χ0n) is 14.3. The molecule has 6 heteroatoms. The van der Waals surface area contributed by atoms with Gasteiger partial charge in [-0.1, -0.05) is 30.4 Å². The van der Waals surface area contributed by atoms with E-state index in [9.17, 15) is 18.4 Å². The van der Waals surface area contributed by atoms with Crippen LogP contribution in [0, 0.1) is 11.6 Å². The summed E-state index contributed by atoms with van der Waals surface area (Å²) >= 11 is 0. The van der Waals surface area contributed by atoms with Crippen molar-refractivity contribution in [1.82, 2.24) is 5.48 Å². The second-order valence-electron chi connectivity index (χ2n) is 5.66. The third-order valence-electron chi connectivity index (χ3n) is 3.52. The number of halogens is 2. The van der Waals surface area contributed by atoms with Crippen LogP contribution in [0.3, 0.4) is 0 Å². The molecule has 0 radical (unpaired) electrons. The van der Waals surface area contributed by atoms with Crippen LogP contribution in [-0.2, 0) is 14.4 Å². The van der Waals surface area contributed by atoms with Gasteiger partial charge in [-0.3, -0.25) is 9.59 Å². The molecular weight excluding hydrogens is 340 g/mol. The Balaban J connectivity index is 1.89. The first-order valence-corrected chi connectivity index (χ1v) is 8.14. The maximum Gasteiger partial charge on any atom is 0.329 e. The van der Waals surface area contributed by atoms with Crippen LogP contribution >= 0.6 is 0 Å². The predicted octanol–water partition coefficient (Wildman–Crippen LogP) is 4.41. The molecule has 0 saturated carbocycles. The SMILES string of the molecule is CC(=O)ONC(=O)CCCC=Cc1cccc(-c2ccc(F)cc2F)c1. The summed E-state index contributed by atoms with van der Waals surface area (Å²) in [6, 6.07) is 10.7. The molecular formula is C20H19F2NO3. The highest BCUT2D eigenvalue weighted by atomic mass is 19.1. The van der Waals surface area contributed by atoms with Crippen molar-refractivity contribution in [2.45, 2.75) is 26.2 Å². The molecule has 0 saturated heterocycles. The van der Waals surface area contributed by atoms with E-state index in [-0.39, 0.29) is 12.3 Å². The molecule has 2 aromatic rings. The Morgan fingerprint density at radius 3 is 2.69 bits per heavy atom. The minimum absolute atomic E-state index is 0.235. The van der Waals surface area contributed by atoms with Crippen molar-refractivity contribution < 1.29 is 23.2 Å². The van der Waals surface area contributed by atoms with Crippen molar-refractivity contribution in [3.63, 3.8) is 0 Å². The molecule has 0 fully saturated rings. The number of carbonyl (C=O) groups is 2. The molecule has 0 atom stereocenters. The Hall–Kier alpha value is -3.02. The number of hydroxylamine groups is 1. The number of carbonyl (C=O) groups excluding carboxylic acids is 2. The molecule has 26 heavy (non-hydrogen) atoms. The highest BCUT2D eigenvalue weighted by Crippen LogP contribution is 2.24. The summed E-state index contributed by atoms with van der Waals surface area (Å²) in [6.07, 6.45) is 5.26. The molecule has 2 aromatic carbocycles. The third-order valence-corrected chi connectivity index (χ3v) is 3.52. The van der Waals surface area contributed by atoms with Gasteiger partial charge in [0.1, 0.15) is 11.6 Å². The molecule has 136 valence electrons. The number of hydrogen-bond acceptors (Lipinski definition) is 3. The van der Waals surface area contributed by atoms with E-state index in [1.165, 1.54) is 19.1 Å². The zero-order valence-corrected chi connectivity index (χ0v) is 14.3. The fraction of sp³-hybridized carbons (Fsp3) is 0.200. The van der Waals surface area contributed by atoms with Crippen molar-refractivity contribution in [3.8, 4) is 11.1 Å². The van der Waals surface area contributed by atoms with E-state index in [4.69, 9.17) is 0 Å². The molecule has 0 bridgehead atoms. The number of nitrogens with one attached hydrogen (secondary N) is 1. The highest BCUT2D eigenvalue weighted by Gasteiger charge is 2.06. The van der Waals surface area contributed by atoms with Gasteiger partial charge in [0.2, 0.25) is 0 Å². The van der Waals surface area contributed by atoms with Crippen LogP contribution in [0.15, 0.2) is 48.5 Å². The van der Waals surface area contributed by atoms with Gasteiger partial charge in [0, 0.05) is 25.0 Å². The van der Waals surface area contributed by atoms with E-state index < -0.39 is 17.6 Å². The van der Waals surface area contributed by atoms with Crippen molar-refractivity contribution in [2.24, 2.45) is 0 Å². The van der Waals surface area contributed by atoms with Crippen molar-refractivity contribution in [2.75, 3.05) is 0 Å². The van der Waals surface area contributed by atoms with Crippen LogP contribution < -0.4 is 5.48 Å². The number of unbranched alkanes of at least 4 members (excludes halogenated alkanes) is 1. The summed E-state index contributed by atoms with van der Waals surface area (Å²) in [5.74, 6) is -2.15. The van der Waals surface area contributed by atoms with Crippen molar-refractivity contribution in [1.29, 1.82) is 0 Å². The molecule has 1 amide bonds. The maximum atomic E-state index is 13.9. The van der Waals surface area contributed by atoms with E-state index in [0.717, 1.165) is 11.6 Å². The minimum atomic E-state index is -0.611. The molecule has 0 spiro atoms. The van der Waals surface area contributed by atoms with Crippen LogP contribution in [-0.4, -0.2) is 11.9 Å². The molecule has 0 aliphatic carbocycles. The van der Waals surface area contributed by atoms with Gasteiger partial charge in [-0.05, 0) is 42.2 Å².